The van der Waals surface area contributed by atoms with Gasteiger partial charge in [0.05, 0.1) is 19.3 Å². The number of rotatable bonds is 5. The van der Waals surface area contributed by atoms with Crippen molar-refractivity contribution in [1.82, 2.24) is 9.88 Å². The van der Waals surface area contributed by atoms with E-state index in [2.05, 4.69) is 4.98 Å². The Morgan fingerprint density at radius 1 is 1.23 bits per heavy atom. The first-order chi connectivity index (χ1) is 12.6. The number of aromatic nitrogens is 1. The summed E-state index contributed by atoms with van der Waals surface area (Å²) in [5, 5.41) is 0. The van der Waals surface area contributed by atoms with Crippen LogP contribution >= 0.6 is 0 Å². The molecule has 1 aromatic carbocycles. The van der Waals surface area contributed by atoms with Gasteiger partial charge >= 0.3 is 5.97 Å². The van der Waals surface area contributed by atoms with Gasteiger partial charge in [-0.3, -0.25) is 9.78 Å². The van der Waals surface area contributed by atoms with Gasteiger partial charge in [-0.15, -0.1) is 0 Å². The summed E-state index contributed by atoms with van der Waals surface area (Å²) < 4.78 is 10.1. The maximum absolute atomic E-state index is 12.1. The Morgan fingerprint density at radius 3 is 2.69 bits per heavy atom. The van der Waals surface area contributed by atoms with Crippen LogP contribution < -0.4 is 0 Å². The lowest BCUT2D eigenvalue weighted by atomic mass is 10.0. The molecule has 6 heteroatoms. The zero-order chi connectivity index (χ0) is 18.5. The van der Waals surface area contributed by atoms with Crippen molar-refractivity contribution in [2.75, 3.05) is 20.3 Å². The Bertz CT molecular complexity index is 789. The average Bonchev–Trinajstić information content (AvgIpc) is 2.66. The molecule has 1 aliphatic heterocycles. The highest BCUT2D eigenvalue weighted by atomic mass is 16.5. The van der Waals surface area contributed by atoms with Crippen LogP contribution in [-0.4, -0.2) is 48.1 Å². The van der Waals surface area contributed by atoms with E-state index in [1.807, 2.05) is 29.2 Å². The monoisotopic (exact) mass is 354 g/mol. The fourth-order valence-electron chi connectivity index (χ4n) is 2.97. The second-order valence-corrected chi connectivity index (χ2v) is 6.34. The number of amides is 1. The standard InChI is InChI=1S/C20H22N2O4/c1-14-19(23)22(7-8-26-14)13-16-5-3-15(4-6-16)9-17-10-18(12-21-11-17)20(24)25-2/h3-6,10-12,14H,7-9,13H2,1-2H3. The molecular weight excluding hydrogens is 332 g/mol. The molecular formula is C20H22N2O4. The summed E-state index contributed by atoms with van der Waals surface area (Å²) in [6, 6.07) is 9.92. The van der Waals surface area contributed by atoms with E-state index >= 15 is 0 Å². The predicted molar refractivity (Wildman–Crippen MR) is 95.7 cm³/mol. The number of benzene rings is 1. The third-order valence-corrected chi connectivity index (χ3v) is 4.41. The molecule has 1 aliphatic rings. The quantitative estimate of drug-likeness (QED) is 0.770. The molecule has 0 spiro atoms. The molecule has 2 heterocycles. The number of nitrogens with zero attached hydrogens (tertiary/aromatic N) is 2. The van der Waals surface area contributed by atoms with Crippen molar-refractivity contribution in [2.24, 2.45) is 0 Å². The normalized spacial score (nSPS) is 17.2. The third kappa shape index (κ3) is 4.26. The Labute approximate surface area is 152 Å². The molecule has 1 atom stereocenters. The summed E-state index contributed by atoms with van der Waals surface area (Å²) in [6.45, 7) is 3.58. The number of esters is 1. The molecule has 2 aromatic rings. The van der Waals surface area contributed by atoms with E-state index in [-0.39, 0.29) is 18.0 Å². The van der Waals surface area contributed by atoms with Crippen LogP contribution in [0.2, 0.25) is 0 Å². The summed E-state index contributed by atoms with van der Waals surface area (Å²) in [4.78, 5) is 29.6. The topological polar surface area (TPSA) is 68.7 Å². The Balaban J connectivity index is 1.65. The lowest BCUT2D eigenvalue weighted by molar-refractivity contribution is -0.152. The van der Waals surface area contributed by atoms with Crippen molar-refractivity contribution in [3.05, 3.63) is 65.0 Å². The summed E-state index contributed by atoms with van der Waals surface area (Å²) in [5.74, 6) is -0.356. The van der Waals surface area contributed by atoms with Gasteiger partial charge in [-0.1, -0.05) is 24.3 Å². The average molecular weight is 354 g/mol. The fourth-order valence-corrected chi connectivity index (χ4v) is 2.97. The minimum atomic E-state index is -0.390. The van der Waals surface area contributed by atoms with Gasteiger partial charge in [-0.05, 0) is 36.1 Å². The zero-order valence-corrected chi connectivity index (χ0v) is 15.0. The van der Waals surface area contributed by atoms with Crippen LogP contribution in [0.3, 0.4) is 0 Å². The van der Waals surface area contributed by atoms with Crippen LogP contribution in [0.25, 0.3) is 0 Å². The molecule has 1 saturated heterocycles. The summed E-state index contributed by atoms with van der Waals surface area (Å²) in [5.41, 5.74) is 3.58. The van der Waals surface area contributed by atoms with Gasteiger partial charge in [0.1, 0.15) is 6.10 Å². The first kappa shape index (κ1) is 18.1. The van der Waals surface area contributed by atoms with Crippen molar-refractivity contribution in [1.29, 1.82) is 0 Å². The maximum atomic E-state index is 12.1. The molecule has 0 aliphatic carbocycles. The molecule has 0 N–H and O–H groups in total. The molecule has 1 unspecified atom stereocenters. The van der Waals surface area contributed by atoms with E-state index in [4.69, 9.17) is 9.47 Å². The van der Waals surface area contributed by atoms with Gasteiger partial charge in [0.2, 0.25) is 0 Å². The molecule has 0 bridgehead atoms. The highest BCUT2D eigenvalue weighted by molar-refractivity contribution is 5.89. The number of carbonyl (C=O) groups is 2. The number of hydrogen-bond acceptors (Lipinski definition) is 5. The molecule has 26 heavy (non-hydrogen) atoms. The molecule has 0 radical (unpaired) electrons. The van der Waals surface area contributed by atoms with Crippen LogP contribution in [0.1, 0.15) is 34.0 Å². The van der Waals surface area contributed by atoms with Gasteiger partial charge in [-0.2, -0.15) is 0 Å². The number of morpholine rings is 1. The van der Waals surface area contributed by atoms with E-state index in [0.29, 0.717) is 31.7 Å². The summed E-state index contributed by atoms with van der Waals surface area (Å²) in [7, 11) is 1.35. The van der Waals surface area contributed by atoms with Gasteiger partial charge < -0.3 is 14.4 Å². The number of ether oxygens (including phenoxy) is 2. The van der Waals surface area contributed by atoms with Crippen LogP contribution in [-0.2, 0) is 27.2 Å². The first-order valence-electron chi connectivity index (χ1n) is 8.57. The minimum Gasteiger partial charge on any atom is -0.465 e. The van der Waals surface area contributed by atoms with Crippen molar-refractivity contribution in [2.45, 2.75) is 26.0 Å². The summed E-state index contributed by atoms with van der Waals surface area (Å²) in [6.07, 6.45) is 3.55. The van der Waals surface area contributed by atoms with E-state index in [1.54, 1.807) is 19.2 Å². The van der Waals surface area contributed by atoms with Gasteiger partial charge in [-0.25, -0.2) is 4.79 Å². The largest absolute Gasteiger partial charge is 0.465 e. The Morgan fingerprint density at radius 2 is 1.96 bits per heavy atom. The molecule has 1 amide bonds. The first-order valence-corrected chi connectivity index (χ1v) is 8.57. The fraction of sp³-hybridized carbons (Fsp3) is 0.350. The zero-order valence-electron chi connectivity index (χ0n) is 15.0. The third-order valence-electron chi connectivity index (χ3n) is 4.41. The van der Waals surface area contributed by atoms with Crippen molar-refractivity contribution in [3.8, 4) is 0 Å². The molecule has 136 valence electrons. The van der Waals surface area contributed by atoms with Crippen LogP contribution in [0, 0.1) is 0 Å². The predicted octanol–water partition coefficient (Wildman–Crippen LogP) is 2.21. The Kier molecular flexibility index (Phi) is 5.63. The van der Waals surface area contributed by atoms with E-state index < -0.39 is 0 Å². The number of carbonyl (C=O) groups excluding carboxylic acids is 2. The number of methoxy groups -OCH3 is 1. The smallest absolute Gasteiger partial charge is 0.339 e. The lowest BCUT2D eigenvalue weighted by Gasteiger charge is -2.30. The van der Waals surface area contributed by atoms with Gasteiger partial charge in [0.15, 0.2) is 0 Å². The molecule has 0 saturated carbocycles. The van der Waals surface area contributed by atoms with Gasteiger partial charge in [0, 0.05) is 25.5 Å². The highest BCUT2D eigenvalue weighted by Crippen LogP contribution is 2.15. The Hall–Kier alpha value is -2.73. The van der Waals surface area contributed by atoms with Crippen LogP contribution in [0.4, 0.5) is 0 Å². The van der Waals surface area contributed by atoms with Crippen LogP contribution in [0.15, 0.2) is 42.7 Å². The molecule has 1 fully saturated rings. The van der Waals surface area contributed by atoms with Crippen molar-refractivity contribution >= 4 is 11.9 Å². The highest BCUT2D eigenvalue weighted by Gasteiger charge is 2.25. The van der Waals surface area contributed by atoms with Crippen molar-refractivity contribution < 1.29 is 19.1 Å². The van der Waals surface area contributed by atoms with Gasteiger partial charge in [0.25, 0.3) is 5.91 Å². The molecule has 1 aromatic heterocycles. The number of pyridine rings is 1. The van der Waals surface area contributed by atoms with Crippen LogP contribution in [0.5, 0.6) is 0 Å². The second kappa shape index (κ2) is 8.10. The number of hydrogen-bond donors (Lipinski definition) is 0. The van der Waals surface area contributed by atoms with E-state index in [0.717, 1.165) is 16.7 Å². The lowest BCUT2D eigenvalue weighted by Crippen LogP contribution is -2.45. The van der Waals surface area contributed by atoms with E-state index in [1.165, 1.54) is 13.3 Å². The minimum absolute atomic E-state index is 0.0334. The van der Waals surface area contributed by atoms with E-state index in [9.17, 15) is 9.59 Å². The maximum Gasteiger partial charge on any atom is 0.339 e. The SMILES string of the molecule is COC(=O)c1cncc(Cc2ccc(CN3CCOC(C)C3=O)cc2)c1. The molecule has 6 nitrogen and oxygen atoms in total. The molecule has 3 rings (SSSR count). The van der Waals surface area contributed by atoms with Crippen molar-refractivity contribution in [3.63, 3.8) is 0 Å². The second-order valence-electron chi connectivity index (χ2n) is 6.34. The summed E-state index contributed by atoms with van der Waals surface area (Å²) >= 11 is 0.